The number of carbonyl (C=O) groups is 4. The normalized spacial score (nSPS) is 18.1. The molecule has 0 aromatic carbocycles. The van der Waals surface area contributed by atoms with E-state index >= 15 is 0 Å². The Balaban J connectivity index is 2.65. The van der Waals surface area contributed by atoms with Crippen molar-refractivity contribution in [1.29, 1.82) is 0 Å². The molecular weight excluding hydrogens is 1020 g/mol. The SMILES string of the molecule is CCCCC/C=C\C/C=C\CCCCCCCCCCCC(=O)OCC(COC1OC(C(=O)O)C(O)C(O)C1OC(=O)CCCCCCC/C=C\CCCCCC)OC(=O)CCCCCCCCCCC/C=C\C/C=C\CCCCC. The van der Waals surface area contributed by atoms with Crippen molar-refractivity contribution in [1.82, 2.24) is 0 Å². The van der Waals surface area contributed by atoms with E-state index in [0.717, 1.165) is 109 Å². The number of carbonyl (C=O) groups excluding carboxylic acids is 3. The molecule has 6 unspecified atom stereocenters. The van der Waals surface area contributed by atoms with Crippen LogP contribution in [-0.2, 0) is 42.9 Å². The van der Waals surface area contributed by atoms with Gasteiger partial charge < -0.3 is 39.0 Å². The van der Waals surface area contributed by atoms with E-state index in [1.165, 1.54) is 135 Å². The minimum atomic E-state index is -1.91. The Bertz CT molecular complexity index is 1640. The summed E-state index contributed by atoms with van der Waals surface area (Å²) in [5, 5.41) is 31.6. The Morgan fingerprint density at radius 1 is 0.407 bits per heavy atom. The smallest absolute Gasteiger partial charge is 0.335 e. The number of hydrogen-bond acceptors (Lipinski definition) is 11. The van der Waals surface area contributed by atoms with Gasteiger partial charge in [-0.3, -0.25) is 14.4 Å². The Morgan fingerprint density at radius 3 is 1.15 bits per heavy atom. The summed E-state index contributed by atoms with van der Waals surface area (Å²) in [7, 11) is 0. The van der Waals surface area contributed by atoms with Crippen molar-refractivity contribution >= 4 is 23.9 Å². The monoisotopic (exact) mass is 1140 g/mol. The van der Waals surface area contributed by atoms with E-state index in [0.29, 0.717) is 19.3 Å². The van der Waals surface area contributed by atoms with Gasteiger partial charge in [0.2, 0.25) is 0 Å². The van der Waals surface area contributed by atoms with E-state index in [4.69, 9.17) is 23.7 Å². The predicted molar refractivity (Wildman–Crippen MR) is 331 cm³/mol. The van der Waals surface area contributed by atoms with Crippen LogP contribution in [0.4, 0.5) is 0 Å². The van der Waals surface area contributed by atoms with E-state index in [2.05, 4.69) is 81.5 Å². The van der Waals surface area contributed by atoms with Gasteiger partial charge >= 0.3 is 23.9 Å². The van der Waals surface area contributed by atoms with E-state index in [-0.39, 0.29) is 25.9 Å². The summed E-state index contributed by atoms with van der Waals surface area (Å²) in [6.07, 6.45) is 58.9. The summed E-state index contributed by atoms with van der Waals surface area (Å²) in [6.45, 7) is 5.95. The molecule has 81 heavy (non-hydrogen) atoms. The number of ether oxygens (including phenoxy) is 5. The van der Waals surface area contributed by atoms with E-state index in [9.17, 15) is 34.5 Å². The summed E-state index contributed by atoms with van der Waals surface area (Å²) in [5.74, 6) is -3.12. The van der Waals surface area contributed by atoms with Crippen molar-refractivity contribution in [3.05, 3.63) is 60.8 Å². The first-order chi connectivity index (χ1) is 39.6. The first kappa shape index (κ1) is 75.4. The van der Waals surface area contributed by atoms with Crippen molar-refractivity contribution in [2.24, 2.45) is 0 Å². The zero-order valence-electron chi connectivity index (χ0n) is 51.8. The van der Waals surface area contributed by atoms with Crippen molar-refractivity contribution < 1.29 is 58.2 Å². The van der Waals surface area contributed by atoms with Gasteiger partial charge in [0.25, 0.3) is 0 Å². The summed E-state index contributed by atoms with van der Waals surface area (Å²) in [6, 6.07) is 0. The van der Waals surface area contributed by atoms with Gasteiger partial charge in [-0.1, -0.05) is 236 Å². The molecule has 1 saturated heterocycles. The fourth-order valence-electron chi connectivity index (χ4n) is 9.89. The first-order valence-electron chi connectivity index (χ1n) is 33.3. The molecule has 0 aliphatic carbocycles. The van der Waals surface area contributed by atoms with Crippen molar-refractivity contribution in [3.8, 4) is 0 Å². The zero-order chi connectivity index (χ0) is 58.9. The number of aliphatic hydroxyl groups is 2. The Hall–Kier alpha value is -3.58. The van der Waals surface area contributed by atoms with Crippen LogP contribution >= 0.6 is 0 Å². The highest BCUT2D eigenvalue weighted by atomic mass is 16.7. The fourth-order valence-corrected chi connectivity index (χ4v) is 9.89. The lowest BCUT2D eigenvalue weighted by Gasteiger charge is -2.40. The molecule has 1 rings (SSSR count). The average molecular weight is 1140 g/mol. The summed E-state index contributed by atoms with van der Waals surface area (Å²) in [4.78, 5) is 51.3. The number of carboxylic acid groups (broad SMARTS) is 1. The van der Waals surface area contributed by atoms with Gasteiger partial charge in [0, 0.05) is 19.3 Å². The fraction of sp³-hybridized carbons (Fsp3) is 0.797. The third-order valence-corrected chi connectivity index (χ3v) is 15.0. The predicted octanol–water partition coefficient (Wildman–Crippen LogP) is 17.9. The molecule has 468 valence electrons. The molecule has 0 aromatic rings. The largest absolute Gasteiger partial charge is 0.479 e. The third-order valence-electron chi connectivity index (χ3n) is 15.0. The number of rotatable bonds is 57. The van der Waals surface area contributed by atoms with Gasteiger partial charge in [0.1, 0.15) is 18.8 Å². The van der Waals surface area contributed by atoms with Crippen molar-refractivity contribution in [2.75, 3.05) is 13.2 Å². The second kappa shape index (κ2) is 56.9. The van der Waals surface area contributed by atoms with Gasteiger partial charge in [-0.25, -0.2) is 4.79 Å². The number of carboxylic acids is 1. The molecule has 1 aliphatic rings. The maximum atomic E-state index is 13.2. The molecule has 0 bridgehead atoms. The Labute approximate surface area is 494 Å². The maximum Gasteiger partial charge on any atom is 0.335 e. The second-order valence-corrected chi connectivity index (χ2v) is 22.7. The van der Waals surface area contributed by atoms with Crippen LogP contribution in [0.3, 0.4) is 0 Å². The molecular formula is C69H120O12. The van der Waals surface area contributed by atoms with Gasteiger partial charge in [-0.05, 0) is 109 Å². The first-order valence-corrected chi connectivity index (χ1v) is 33.3. The summed E-state index contributed by atoms with van der Waals surface area (Å²) >= 11 is 0. The summed E-state index contributed by atoms with van der Waals surface area (Å²) < 4.78 is 28.5. The lowest BCUT2D eigenvalue weighted by atomic mass is 9.98. The van der Waals surface area contributed by atoms with E-state index in [1.807, 2.05) is 0 Å². The minimum Gasteiger partial charge on any atom is -0.479 e. The zero-order valence-corrected chi connectivity index (χ0v) is 51.8. The molecule has 12 heteroatoms. The molecule has 0 spiro atoms. The molecule has 12 nitrogen and oxygen atoms in total. The highest BCUT2D eigenvalue weighted by Gasteiger charge is 2.50. The number of aliphatic carboxylic acids is 1. The Morgan fingerprint density at radius 2 is 0.741 bits per heavy atom. The lowest BCUT2D eigenvalue weighted by Crippen LogP contribution is -2.61. The second-order valence-electron chi connectivity index (χ2n) is 22.7. The van der Waals surface area contributed by atoms with Crippen LogP contribution in [0.15, 0.2) is 60.8 Å². The van der Waals surface area contributed by atoms with Crippen LogP contribution in [0, 0.1) is 0 Å². The number of esters is 3. The molecule has 3 N–H and O–H groups in total. The van der Waals surface area contributed by atoms with E-state index in [1.54, 1.807) is 0 Å². The van der Waals surface area contributed by atoms with Crippen molar-refractivity contribution in [2.45, 2.75) is 340 Å². The number of unbranched alkanes of at least 4 members (excludes halogenated alkanes) is 33. The Kier molecular flexibility index (Phi) is 53.0. The molecule has 0 radical (unpaired) electrons. The summed E-state index contributed by atoms with van der Waals surface area (Å²) in [5.41, 5.74) is 0. The van der Waals surface area contributed by atoms with E-state index < -0.39 is 67.3 Å². The van der Waals surface area contributed by atoms with Crippen LogP contribution in [-0.4, -0.2) is 89.2 Å². The topological polar surface area (TPSA) is 175 Å². The van der Waals surface area contributed by atoms with Crippen LogP contribution < -0.4 is 0 Å². The van der Waals surface area contributed by atoms with Crippen LogP contribution in [0.1, 0.15) is 303 Å². The third kappa shape index (κ3) is 46.5. The molecule has 0 amide bonds. The minimum absolute atomic E-state index is 0.0500. The van der Waals surface area contributed by atoms with Gasteiger partial charge in [-0.15, -0.1) is 0 Å². The molecule has 1 heterocycles. The molecule has 6 atom stereocenters. The number of allylic oxidation sites excluding steroid dienone is 10. The molecule has 1 fully saturated rings. The van der Waals surface area contributed by atoms with Crippen LogP contribution in [0.25, 0.3) is 0 Å². The standard InChI is InChI=1S/C69H120O12/c1-4-7-10-13-16-19-22-25-27-29-31-33-35-38-40-43-46-49-52-55-61(70)77-58-60(79-62(71)56-53-50-47-44-42-39-36-34-32-30-28-26-23-20-17-14-11-8-5-2)59-78-69-67(65(74)64(73)66(81-69)68(75)76)80-63(72)57-54-51-48-45-41-37-24-21-18-15-12-9-6-3/h16-17,19-21,24-28,60,64-67,69,73-74H,4-15,18,22-23,29-59H2,1-3H3,(H,75,76)/b19-16-,20-17-,24-21-,27-25-,28-26-. The molecule has 0 aromatic heterocycles. The maximum absolute atomic E-state index is 13.2. The lowest BCUT2D eigenvalue weighted by molar-refractivity contribution is -0.301. The van der Waals surface area contributed by atoms with Crippen LogP contribution in [0.5, 0.6) is 0 Å². The highest BCUT2D eigenvalue weighted by molar-refractivity contribution is 5.74. The number of aliphatic hydroxyl groups excluding tert-OH is 2. The van der Waals surface area contributed by atoms with Gasteiger partial charge in [0.15, 0.2) is 24.6 Å². The van der Waals surface area contributed by atoms with Gasteiger partial charge in [-0.2, -0.15) is 0 Å². The quantitative estimate of drug-likeness (QED) is 0.0228. The molecule has 0 saturated carbocycles. The molecule has 1 aliphatic heterocycles. The average Bonchev–Trinajstić information content (AvgIpc) is 3.46. The van der Waals surface area contributed by atoms with Crippen LogP contribution in [0.2, 0.25) is 0 Å². The highest BCUT2D eigenvalue weighted by Crippen LogP contribution is 2.27. The van der Waals surface area contributed by atoms with Crippen molar-refractivity contribution in [3.63, 3.8) is 0 Å². The number of hydrogen-bond donors (Lipinski definition) is 3. The van der Waals surface area contributed by atoms with Gasteiger partial charge in [0.05, 0.1) is 6.61 Å².